The van der Waals surface area contributed by atoms with Crippen molar-refractivity contribution >= 4 is 5.97 Å². The quantitative estimate of drug-likeness (QED) is 0.0270. The minimum Gasteiger partial charge on any atom is -0.457 e. The Bertz CT molecular complexity index is 1080. The van der Waals surface area contributed by atoms with E-state index < -0.39 is 43.4 Å². The third-order valence-corrected chi connectivity index (χ3v) is 10.7. The van der Waals surface area contributed by atoms with E-state index in [-0.39, 0.29) is 19.2 Å². The second-order valence-electron chi connectivity index (χ2n) is 16.2. The first-order chi connectivity index (χ1) is 28.9. The summed E-state index contributed by atoms with van der Waals surface area (Å²) in [6.07, 6.45) is 45.2. The molecule has 1 aliphatic heterocycles. The minimum absolute atomic E-state index is 0.126. The molecule has 9 heteroatoms. The average Bonchev–Trinajstić information content (AvgIpc) is 3.24. The number of carbonyl (C=O) groups is 1. The van der Waals surface area contributed by atoms with E-state index in [0.29, 0.717) is 13.0 Å². The van der Waals surface area contributed by atoms with Crippen LogP contribution in [-0.4, -0.2) is 89.6 Å². The molecule has 9 nitrogen and oxygen atoms in total. The molecule has 0 aromatic carbocycles. The zero-order chi connectivity index (χ0) is 42.9. The van der Waals surface area contributed by atoms with Crippen molar-refractivity contribution < 1.29 is 44.2 Å². The highest BCUT2D eigenvalue weighted by atomic mass is 16.7. The summed E-state index contributed by atoms with van der Waals surface area (Å²) in [4.78, 5) is 12.8. The van der Waals surface area contributed by atoms with Gasteiger partial charge in [-0.1, -0.05) is 158 Å². The van der Waals surface area contributed by atoms with E-state index in [2.05, 4.69) is 74.6 Å². The Morgan fingerprint density at radius 3 is 1.51 bits per heavy atom. The van der Waals surface area contributed by atoms with Crippen LogP contribution in [0.1, 0.15) is 187 Å². The van der Waals surface area contributed by atoms with Gasteiger partial charge in [0.25, 0.3) is 0 Å². The lowest BCUT2D eigenvalue weighted by Gasteiger charge is -2.39. The second-order valence-corrected chi connectivity index (χ2v) is 16.2. The maximum atomic E-state index is 12.8. The molecule has 4 N–H and O–H groups in total. The zero-order valence-corrected chi connectivity index (χ0v) is 37.5. The number of unbranched alkanes of at least 4 members (excludes halogenated alkanes) is 19. The number of esters is 1. The van der Waals surface area contributed by atoms with Gasteiger partial charge >= 0.3 is 5.97 Å². The molecule has 6 atom stereocenters. The van der Waals surface area contributed by atoms with E-state index in [1.165, 1.54) is 83.5 Å². The normalized spacial score (nSPS) is 20.7. The number of hydrogen-bond donors (Lipinski definition) is 4. The van der Waals surface area contributed by atoms with Crippen molar-refractivity contribution in [2.75, 3.05) is 26.4 Å². The van der Waals surface area contributed by atoms with Gasteiger partial charge in [-0.05, 0) is 83.5 Å². The molecule has 0 amide bonds. The highest BCUT2D eigenvalue weighted by molar-refractivity contribution is 5.69. The van der Waals surface area contributed by atoms with Crippen LogP contribution in [0, 0.1) is 0 Å². The molecule has 0 radical (unpaired) electrons. The molecule has 1 aliphatic rings. The van der Waals surface area contributed by atoms with Gasteiger partial charge in [-0.15, -0.1) is 0 Å². The maximum absolute atomic E-state index is 12.8. The summed E-state index contributed by atoms with van der Waals surface area (Å²) >= 11 is 0. The Kier molecular flexibility index (Phi) is 38.4. The Balaban J connectivity index is 2.26. The predicted molar refractivity (Wildman–Crippen MR) is 242 cm³/mol. The summed E-state index contributed by atoms with van der Waals surface area (Å²) in [5.41, 5.74) is 0. The Hall–Kier alpha value is -2.11. The summed E-state index contributed by atoms with van der Waals surface area (Å²) in [5.74, 6) is -0.332. The van der Waals surface area contributed by atoms with Crippen LogP contribution in [0.2, 0.25) is 0 Å². The topological polar surface area (TPSA) is 135 Å². The minimum atomic E-state index is -1.54. The van der Waals surface area contributed by atoms with Crippen LogP contribution < -0.4 is 0 Å². The third kappa shape index (κ3) is 32.3. The molecular formula is C50H88O9. The van der Waals surface area contributed by atoms with Gasteiger partial charge in [0.05, 0.1) is 19.8 Å². The lowest BCUT2D eigenvalue weighted by Crippen LogP contribution is -2.59. The molecular weight excluding hydrogens is 745 g/mol. The second kappa shape index (κ2) is 41.3. The third-order valence-electron chi connectivity index (χ3n) is 10.7. The molecule has 0 aromatic heterocycles. The number of aliphatic hydroxyl groups is 4. The van der Waals surface area contributed by atoms with Crippen molar-refractivity contribution in [3.05, 3.63) is 60.8 Å². The monoisotopic (exact) mass is 833 g/mol. The van der Waals surface area contributed by atoms with Crippen molar-refractivity contribution in [2.45, 2.75) is 224 Å². The molecule has 0 spiro atoms. The van der Waals surface area contributed by atoms with Crippen LogP contribution in [-0.2, 0) is 23.7 Å². The van der Waals surface area contributed by atoms with Crippen LogP contribution in [0.15, 0.2) is 60.8 Å². The summed E-state index contributed by atoms with van der Waals surface area (Å²) in [6.45, 7) is 4.47. The van der Waals surface area contributed by atoms with Gasteiger partial charge in [-0.25, -0.2) is 0 Å². The first kappa shape index (κ1) is 54.9. The van der Waals surface area contributed by atoms with E-state index in [1.54, 1.807) is 0 Å². The first-order valence-corrected chi connectivity index (χ1v) is 23.9. The summed E-state index contributed by atoms with van der Waals surface area (Å²) in [7, 11) is 0. The fourth-order valence-electron chi connectivity index (χ4n) is 6.88. The molecule has 1 rings (SSSR count). The summed E-state index contributed by atoms with van der Waals surface area (Å²) < 4.78 is 22.8. The Labute approximate surface area is 360 Å². The number of aliphatic hydroxyl groups excluding tert-OH is 4. The Morgan fingerprint density at radius 1 is 0.542 bits per heavy atom. The molecule has 0 bridgehead atoms. The molecule has 0 aliphatic carbocycles. The van der Waals surface area contributed by atoms with Gasteiger partial charge < -0.3 is 39.4 Å². The Morgan fingerprint density at radius 2 is 0.983 bits per heavy atom. The standard InChI is InChI=1S/C50H88O9/c1-3-5-7-9-11-13-15-17-19-21-22-23-24-26-28-30-32-34-36-38-40-56-42-44(43-57-50-49(55)48(54)47(53)45(41-51)59-50)58-46(52)39-37-35-33-31-29-27-25-20-18-16-14-12-10-8-6-4-2/h11,13-14,16-17,19-20,22-23,25,44-45,47-51,53-55H,3-10,12,15,18,21,24,26-43H2,1-2H3/b13-11-,16-14-,19-17-,23-22-,25-20-. The number of carbonyl (C=O) groups excluding carboxylic acids is 1. The highest BCUT2D eigenvalue weighted by Crippen LogP contribution is 2.22. The van der Waals surface area contributed by atoms with Crippen LogP contribution in [0.5, 0.6) is 0 Å². The smallest absolute Gasteiger partial charge is 0.306 e. The zero-order valence-electron chi connectivity index (χ0n) is 37.5. The van der Waals surface area contributed by atoms with E-state index in [9.17, 15) is 25.2 Å². The van der Waals surface area contributed by atoms with Crippen molar-refractivity contribution in [3.8, 4) is 0 Å². The van der Waals surface area contributed by atoms with Crippen LogP contribution in [0.4, 0.5) is 0 Å². The maximum Gasteiger partial charge on any atom is 0.306 e. The number of allylic oxidation sites excluding steroid dienone is 10. The van der Waals surface area contributed by atoms with E-state index in [0.717, 1.165) is 83.5 Å². The summed E-state index contributed by atoms with van der Waals surface area (Å²) in [5, 5.41) is 40.2. The van der Waals surface area contributed by atoms with Gasteiger partial charge in [0, 0.05) is 13.0 Å². The van der Waals surface area contributed by atoms with Gasteiger partial charge in [0.15, 0.2) is 6.29 Å². The van der Waals surface area contributed by atoms with E-state index in [1.807, 2.05) is 0 Å². The highest BCUT2D eigenvalue weighted by Gasteiger charge is 2.44. The first-order valence-electron chi connectivity index (χ1n) is 23.9. The molecule has 1 heterocycles. The van der Waals surface area contributed by atoms with Gasteiger partial charge in [-0.2, -0.15) is 0 Å². The van der Waals surface area contributed by atoms with Crippen molar-refractivity contribution in [2.24, 2.45) is 0 Å². The number of hydrogen-bond acceptors (Lipinski definition) is 9. The van der Waals surface area contributed by atoms with Gasteiger partial charge in [-0.3, -0.25) is 4.79 Å². The van der Waals surface area contributed by atoms with Crippen molar-refractivity contribution in [3.63, 3.8) is 0 Å². The fraction of sp³-hybridized carbons (Fsp3) is 0.780. The molecule has 0 aromatic rings. The largest absolute Gasteiger partial charge is 0.457 e. The fourth-order valence-corrected chi connectivity index (χ4v) is 6.88. The van der Waals surface area contributed by atoms with Gasteiger partial charge in [0.2, 0.25) is 0 Å². The molecule has 1 fully saturated rings. The number of rotatable bonds is 40. The van der Waals surface area contributed by atoms with Crippen molar-refractivity contribution in [1.82, 2.24) is 0 Å². The molecule has 6 unspecified atom stereocenters. The summed E-state index contributed by atoms with van der Waals surface area (Å²) in [6, 6.07) is 0. The van der Waals surface area contributed by atoms with E-state index >= 15 is 0 Å². The molecule has 0 saturated carbocycles. The van der Waals surface area contributed by atoms with Crippen LogP contribution >= 0.6 is 0 Å². The van der Waals surface area contributed by atoms with E-state index in [4.69, 9.17) is 18.9 Å². The molecule has 1 saturated heterocycles. The van der Waals surface area contributed by atoms with Crippen molar-refractivity contribution in [1.29, 1.82) is 0 Å². The average molecular weight is 833 g/mol. The lowest BCUT2D eigenvalue weighted by molar-refractivity contribution is -0.305. The SMILES string of the molecule is CCCCC/C=C\C/C=C\C/C=C\CCCCCCCCCOCC(COC1OC(CO)C(O)C(O)C1O)OC(=O)CCCCCCC/C=C\C/C=C\CCCCCC. The number of ether oxygens (including phenoxy) is 4. The lowest BCUT2D eigenvalue weighted by atomic mass is 9.99. The van der Waals surface area contributed by atoms with Crippen LogP contribution in [0.3, 0.4) is 0 Å². The molecule has 342 valence electrons. The molecule has 59 heavy (non-hydrogen) atoms. The van der Waals surface area contributed by atoms with Gasteiger partial charge in [0.1, 0.15) is 30.5 Å². The van der Waals surface area contributed by atoms with Crippen LogP contribution in [0.25, 0.3) is 0 Å². The predicted octanol–water partition coefficient (Wildman–Crippen LogP) is 11.1.